The average molecular weight is 394 g/mol. The number of fused-ring (bicyclic) bond motifs is 1. The lowest BCUT2D eigenvalue weighted by Crippen LogP contribution is -2.47. The minimum absolute atomic E-state index is 0.565. The molecule has 0 aromatic heterocycles. The topological polar surface area (TPSA) is 137 Å². The fourth-order valence-electron chi connectivity index (χ4n) is 2.73. The van der Waals surface area contributed by atoms with E-state index in [0.29, 0.717) is 5.56 Å². The van der Waals surface area contributed by atoms with E-state index >= 15 is 0 Å². The third-order valence-electron chi connectivity index (χ3n) is 4.65. The molecule has 2 aromatic carbocycles. The number of benzene rings is 2. The molecule has 0 saturated carbocycles. The lowest BCUT2D eigenvalue weighted by Gasteiger charge is -2.25. The van der Waals surface area contributed by atoms with Gasteiger partial charge >= 0.3 is 5.97 Å². The van der Waals surface area contributed by atoms with Crippen molar-refractivity contribution in [2.45, 2.75) is 37.3 Å². The first-order chi connectivity index (χ1) is 13.3. The second-order valence-corrected chi connectivity index (χ2v) is 6.62. The zero-order valence-corrected chi connectivity index (χ0v) is 15.7. The van der Waals surface area contributed by atoms with Gasteiger partial charge in [-0.25, -0.2) is 0 Å². The predicted molar refractivity (Wildman–Crippen MR) is 101 cm³/mol. The maximum atomic E-state index is 12.3. The van der Waals surface area contributed by atoms with Gasteiger partial charge in [-0.1, -0.05) is 24.3 Å². The van der Waals surface area contributed by atoms with Gasteiger partial charge in [0.15, 0.2) is 0 Å². The summed E-state index contributed by atoms with van der Waals surface area (Å²) in [5, 5.41) is 49.1. The number of hydrogen-bond donors (Lipinski definition) is 5. The molecule has 8 nitrogen and oxygen atoms in total. The highest BCUT2D eigenvalue weighted by Gasteiger charge is 2.31. The molecule has 0 radical (unpaired) electrons. The molecule has 0 aliphatic carbocycles. The van der Waals surface area contributed by atoms with Crippen LogP contribution in [0.3, 0.4) is 0 Å². The van der Waals surface area contributed by atoms with Crippen LogP contribution in [-0.4, -0.2) is 76.2 Å². The lowest BCUT2D eigenvalue weighted by atomic mass is 9.97. The van der Waals surface area contributed by atoms with E-state index in [4.69, 9.17) is 14.6 Å². The number of carbonyl (C=O) groups is 1. The number of esters is 1. The fraction of sp³-hybridized carbons (Fsp3) is 0.450. The van der Waals surface area contributed by atoms with Crippen molar-refractivity contribution < 1.29 is 39.8 Å². The van der Waals surface area contributed by atoms with Crippen LogP contribution in [0.25, 0.3) is 10.8 Å². The van der Waals surface area contributed by atoms with E-state index in [1.807, 2.05) is 30.3 Å². The van der Waals surface area contributed by atoms with E-state index in [1.165, 1.54) is 0 Å². The van der Waals surface area contributed by atoms with Crippen LogP contribution < -0.4 is 4.74 Å². The molecule has 0 saturated heterocycles. The number of ether oxygens (including phenoxy) is 2. The maximum Gasteiger partial charge on any atom is 0.313 e. The first kappa shape index (κ1) is 22.1. The molecule has 154 valence electrons. The predicted octanol–water partition coefficient (Wildman–Crippen LogP) is -0.0690. The molecule has 0 aliphatic rings. The van der Waals surface area contributed by atoms with Crippen molar-refractivity contribution in [2.75, 3.05) is 20.3 Å². The summed E-state index contributed by atoms with van der Waals surface area (Å²) >= 11 is 0. The van der Waals surface area contributed by atoms with Crippen LogP contribution in [0.4, 0.5) is 0 Å². The second-order valence-electron chi connectivity index (χ2n) is 6.62. The quantitative estimate of drug-likeness (QED) is 0.373. The van der Waals surface area contributed by atoms with Crippen LogP contribution in [-0.2, 0) is 9.53 Å². The Morgan fingerprint density at radius 3 is 2.21 bits per heavy atom. The van der Waals surface area contributed by atoms with Gasteiger partial charge in [-0.3, -0.25) is 4.79 Å². The molecular weight excluding hydrogens is 368 g/mol. The Labute approximate surface area is 162 Å². The average Bonchev–Trinajstić information content (AvgIpc) is 2.73. The van der Waals surface area contributed by atoms with E-state index in [0.717, 1.165) is 16.5 Å². The van der Waals surface area contributed by atoms with Crippen LogP contribution in [0.2, 0.25) is 0 Å². The van der Waals surface area contributed by atoms with Crippen molar-refractivity contribution in [3.63, 3.8) is 0 Å². The van der Waals surface area contributed by atoms with Crippen molar-refractivity contribution >= 4 is 16.7 Å². The number of carbonyl (C=O) groups excluding carboxylic acids is 1. The van der Waals surface area contributed by atoms with E-state index in [2.05, 4.69) is 0 Å². The van der Waals surface area contributed by atoms with Crippen molar-refractivity contribution in [3.05, 3.63) is 42.0 Å². The number of rotatable bonds is 9. The minimum atomic E-state index is -1.78. The van der Waals surface area contributed by atoms with E-state index in [9.17, 15) is 25.2 Å². The molecule has 8 heteroatoms. The Bertz CT molecular complexity index is 793. The first-order valence-corrected chi connectivity index (χ1v) is 8.86. The molecule has 0 unspecified atom stereocenters. The van der Waals surface area contributed by atoms with Gasteiger partial charge in [0.05, 0.1) is 19.6 Å². The zero-order chi connectivity index (χ0) is 20.8. The Hall–Kier alpha value is -2.23. The molecule has 0 heterocycles. The molecule has 0 fully saturated rings. The van der Waals surface area contributed by atoms with Gasteiger partial charge in [0.1, 0.15) is 36.8 Å². The summed E-state index contributed by atoms with van der Waals surface area (Å²) in [6.07, 6.45) is -6.78. The first-order valence-electron chi connectivity index (χ1n) is 8.86. The van der Waals surface area contributed by atoms with Crippen molar-refractivity contribution in [2.24, 2.45) is 0 Å². The summed E-state index contributed by atoms with van der Waals surface area (Å²) in [5.74, 6) is -0.506. The third-order valence-corrected chi connectivity index (χ3v) is 4.65. The fourth-order valence-corrected chi connectivity index (χ4v) is 2.73. The SMILES string of the molecule is COc1ccc2cc([C@H](C)C(=O)OC[C@H](O)[C@@H](O)[C@H](O)[C@H](O)CO)ccc2c1. The standard InChI is InChI=1S/C20H26O8/c1-11(12-3-4-14-8-15(27-2)6-5-13(14)7-12)20(26)28-10-17(23)19(25)18(24)16(22)9-21/h3-8,11,16-19,21-25H,9-10H2,1-2H3/t11-,16+,17-,18+,19+/m0/s1. The van der Waals surface area contributed by atoms with Gasteiger partial charge in [0.25, 0.3) is 0 Å². The molecule has 0 spiro atoms. The summed E-state index contributed by atoms with van der Waals surface area (Å²) in [5.41, 5.74) is 0.716. The Morgan fingerprint density at radius 2 is 1.57 bits per heavy atom. The summed E-state index contributed by atoms with van der Waals surface area (Å²) in [4.78, 5) is 12.3. The highest BCUT2D eigenvalue weighted by Crippen LogP contribution is 2.25. The maximum absolute atomic E-state index is 12.3. The van der Waals surface area contributed by atoms with Gasteiger partial charge in [-0.2, -0.15) is 0 Å². The molecule has 0 aliphatic heterocycles. The Morgan fingerprint density at radius 1 is 0.964 bits per heavy atom. The van der Waals surface area contributed by atoms with Gasteiger partial charge in [-0.05, 0) is 35.4 Å². The van der Waals surface area contributed by atoms with Gasteiger partial charge in [0.2, 0.25) is 0 Å². The lowest BCUT2D eigenvalue weighted by molar-refractivity contribution is -0.157. The number of hydrogen-bond acceptors (Lipinski definition) is 8. The van der Waals surface area contributed by atoms with Gasteiger partial charge < -0.3 is 35.0 Å². The van der Waals surface area contributed by atoms with E-state index in [-0.39, 0.29) is 0 Å². The summed E-state index contributed by atoms with van der Waals surface area (Å²) in [7, 11) is 1.59. The van der Waals surface area contributed by atoms with Crippen LogP contribution in [0, 0.1) is 0 Å². The molecule has 2 rings (SSSR count). The smallest absolute Gasteiger partial charge is 0.313 e. The van der Waals surface area contributed by atoms with Crippen molar-refractivity contribution in [1.29, 1.82) is 0 Å². The van der Waals surface area contributed by atoms with Crippen LogP contribution in [0.1, 0.15) is 18.4 Å². The third kappa shape index (κ3) is 5.18. The molecule has 2 aromatic rings. The number of methoxy groups -OCH3 is 1. The van der Waals surface area contributed by atoms with Crippen LogP contribution >= 0.6 is 0 Å². The monoisotopic (exact) mass is 394 g/mol. The molecule has 28 heavy (non-hydrogen) atoms. The van der Waals surface area contributed by atoms with Crippen molar-refractivity contribution in [3.8, 4) is 5.75 Å². The highest BCUT2D eigenvalue weighted by atomic mass is 16.5. The van der Waals surface area contributed by atoms with Crippen LogP contribution in [0.5, 0.6) is 5.75 Å². The van der Waals surface area contributed by atoms with Gasteiger partial charge in [0, 0.05) is 0 Å². The zero-order valence-electron chi connectivity index (χ0n) is 15.7. The molecular formula is C20H26O8. The highest BCUT2D eigenvalue weighted by molar-refractivity contribution is 5.86. The van der Waals surface area contributed by atoms with E-state index < -0.39 is 49.5 Å². The van der Waals surface area contributed by atoms with E-state index in [1.54, 1.807) is 20.1 Å². The second kappa shape index (κ2) is 9.81. The molecule has 0 bridgehead atoms. The number of aliphatic hydroxyl groups is 5. The van der Waals surface area contributed by atoms with Crippen molar-refractivity contribution in [1.82, 2.24) is 0 Å². The molecule has 0 amide bonds. The van der Waals surface area contributed by atoms with Crippen LogP contribution in [0.15, 0.2) is 36.4 Å². The largest absolute Gasteiger partial charge is 0.497 e. The summed E-state index contributed by atoms with van der Waals surface area (Å²) in [6, 6.07) is 11.1. The van der Waals surface area contributed by atoms with Gasteiger partial charge in [-0.15, -0.1) is 0 Å². The summed E-state index contributed by atoms with van der Waals surface area (Å²) in [6.45, 7) is 0.306. The molecule has 5 N–H and O–H groups in total. The summed E-state index contributed by atoms with van der Waals surface area (Å²) < 4.78 is 10.2. The minimum Gasteiger partial charge on any atom is -0.497 e. The normalized spacial score (nSPS) is 16.8. The number of aliphatic hydroxyl groups excluding tert-OH is 5. The Kier molecular flexibility index (Phi) is 7.73. The molecule has 5 atom stereocenters. The Balaban J connectivity index is 1.99.